The van der Waals surface area contributed by atoms with Crippen LogP contribution in [0.25, 0.3) is 0 Å². The molecular formula is C17H25N3. The smallest absolute Gasteiger partial charge is 0.0492 e. The summed E-state index contributed by atoms with van der Waals surface area (Å²) in [6.07, 6.45) is 4.01. The van der Waals surface area contributed by atoms with Crippen molar-refractivity contribution in [3.63, 3.8) is 0 Å². The van der Waals surface area contributed by atoms with Gasteiger partial charge in [0.2, 0.25) is 0 Å². The van der Waals surface area contributed by atoms with Gasteiger partial charge in [0, 0.05) is 25.0 Å². The molecule has 0 aliphatic carbocycles. The van der Waals surface area contributed by atoms with Crippen LogP contribution in [0.3, 0.4) is 0 Å². The SMILES string of the molecule is CCNC(CCc1ccnn1C)c1cc(C)ccc1C. The molecule has 1 unspecified atom stereocenters. The largest absolute Gasteiger partial charge is 0.310 e. The third-order valence-corrected chi connectivity index (χ3v) is 3.87. The van der Waals surface area contributed by atoms with Crippen molar-refractivity contribution in [2.24, 2.45) is 7.05 Å². The predicted molar refractivity (Wildman–Crippen MR) is 83.9 cm³/mol. The first-order valence-corrected chi connectivity index (χ1v) is 7.39. The van der Waals surface area contributed by atoms with Gasteiger partial charge < -0.3 is 5.32 Å². The van der Waals surface area contributed by atoms with Gasteiger partial charge in [-0.2, -0.15) is 5.10 Å². The molecule has 1 aromatic heterocycles. The lowest BCUT2D eigenvalue weighted by molar-refractivity contribution is 0.504. The van der Waals surface area contributed by atoms with Crippen LogP contribution in [0.15, 0.2) is 30.5 Å². The van der Waals surface area contributed by atoms with Crippen LogP contribution < -0.4 is 5.32 Å². The van der Waals surface area contributed by atoms with Gasteiger partial charge in [-0.1, -0.05) is 30.7 Å². The number of rotatable bonds is 6. The molecule has 0 bridgehead atoms. The fraction of sp³-hybridized carbons (Fsp3) is 0.471. The van der Waals surface area contributed by atoms with E-state index in [4.69, 9.17) is 0 Å². The number of benzene rings is 1. The van der Waals surface area contributed by atoms with Gasteiger partial charge in [-0.15, -0.1) is 0 Å². The Morgan fingerprint density at radius 2 is 2.05 bits per heavy atom. The molecule has 2 aromatic rings. The average molecular weight is 271 g/mol. The molecular weight excluding hydrogens is 246 g/mol. The fourth-order valence-corrected chi connectivity index (χ4v) is 2.69. The van der Waals surface area contributed by atoms with E-state index in [1.165, 1.54) is 22.4 Å². The monoisotopic (exact) mass is 271 g/mol. The topological polar surface area (TPSA) is 29.9 Å². The van der Waals surface area contributed by atoms with Gasteiger partial charge in [0.05, 0.1) is 0 Å². The number of aryl methyl sites for hydroxylation is 4. The highest BCUT2D eigenvalue weighted by Crippen LogP contribution is 2.23. The molecule has 1 atom stereocenters. The maximum atomic E-state index is 4.24. The van der Waals surface area contributed by atoms with Gasteiger partial charge >= 0.3 is 0 Å². The van der Waals surface area contributed by atoms with E-state index < -0.39 is 0 Å². The first kappa shape index (κ1) is 14.8. The summed E-state index contributed by atoms with van der Waals surface area (Å²) in [5, 5.41) is 7.86. The summed E-state index contributed by atoms with van der Waals surface area (Å²) < 4.78 is 1.96. The lowest BCUT2D eigenvalue weighted by Gasteiger charge is -2.21. The molecule has 0 amide bonds. The lowest BCUT2D eigenvalue weighted by Crippen LogP contribution is -2.22. The molecule has 3 nitrogen and oxygen atoms in total. The van der Waals surface area contributed by atoms with E-state index in [-0.39, 0.29) is 0 Å². The third-order valence-electron chi connectivity index (χ3n) is 3.87. The number of hydrogen-bond donors (Lipinski definition) is 1. The molecule has 0 saturated carbocycles. The van der Waals surface area contributed by atoms with Crippen molar-refractivity contribution >= 4 is 0 Å². The predicted octanol–water partition coefficient (Wildman–Crippen LogP) is 3.32. The van der Waals surface area contributed by atoms with Gasteiger partial charge in [-0.25, -0.2) is 0 Å². The first-order valence-electron chi connectivity index (χ1n) is 7.39. The highest BCUT2D eigenvalue weighted by Gasteiger charge is 2.13. The second-order valence-electron chi connectivity index (χ2n) is 5.46. The van der Waals surface area contributed by atoms with Crippen LogP contribution in [0.2, 0.25) is 0 Å². The summed E-state index contributed by atoms with van der Waals surface area (Å²) in [4.78, 5) is 0. The molecule has 0 fully saturated rings. The molecule has 2 rings (SSSR count). The molecule has 108 valence electrons. The zero-order valence-electron chi connectivity index (χ0n) is 13.0. The van der Waals surface area contributed by atoms with Gasteiger partial charge in [-0.05, 0) is 50.4 Å². The van der Waals surface area contributed by atoms with Crippen molar-refractivity contribution in [2.75, 3.05) is 6.54 Å². The van der Waals surface area contributed by atoms with Crippen molar-refractivity contribution in [2.45, 2.75) is 39.7 Å². The number of nitrogens with one attached hydrogen (secondary N) is 1. The standard InChI is InChI=1S/C17H25N3/c1-5-18-17(9-8-15-10-11-19-20(15)4)16-12-13(2)6-7-14(16)3/h6-7,10-12,17-18H,5,8-9H2,1-4H3. The van der Waals surface area contributed by atoms with Crippen LogP contribution in [0, 0.1) is 13.8 Å². The van der Waals surface area contributed by atoms with E-state index in [1.807, 2.05) is 17.9 Å². The Kier molecular flexibility index (Phi) is 4.96. The Morgan fingerprint density at radius 1 is 1.25 bits per heavy atom. The average Bonchev–Trinajstić information content (AvgIpc) is 2.83. The first-order chi connectivity index (χ1) is 9.61. The van der Waals surface area contributed by atoms with Crippen LogP contribution in [-0.2, 0) is 13.5 Å². The Balaban J connectivity index is 2.14. The Hall–Kier alpha value is -1.61. The van der Waals surface area contributed by atoms with Gasteiger partial charge in [0.15, 0.2) is 0 Å². The van der Waals surface area contributed by atoms with Crippen molar-refractivity contribution in [3.05, 3.63) is 52.8 Å². The number of nitrogens with zero attached hydrogens (tertiary/aromatic N) is 2. The molecule has 20 heavy (non-hydrogen) atoms. The summed E-state index contributed by atoms with van der Waals surface area (Å²) in [5.41, 5.74) is 5.41. The summed E-state index contributed by atoms with van der Waals surface area (Å²) in [7, 11) is 2.01. The normalized spacial score (nSPS) is 12.6. The highest BCUT2D eigenvalue weighted by atomic mass is 15.2. The fourth-order valence-electron chi connectivity index (χ4n) is 2.69. The molecule has 0 saturated heterocycles. The van der Waals surface area contributed by atoms with Crippen LogP contribution in [0.5, 0.6) is 0 Å². The molecule has 0 radical (unpaired) electrons. The van der Waals surface area contributed by atoms with Crippen molar-refractivity contribution < 1.29 is 0 Å². The minimum Gasteiger partial charge on any atom is -0.310 e. The van der Waals surface area contributed by atoms with Gasteiger partial charge in [0.1, 0.15) is 0 Å². The number of hydrogen-bond acceptors (Lipinski definition) is 2. The van der Waals surface area contributed by atoms with E-state index in [2.05, 4.69) is 55.5 Å². The molecule has 0 spiro atoms. The Bertz CT molecular complexity index is 557. The Labute approximate surface area is 122 Å². The van der Waals surface area contributed by atoms with Crippen LogP contribution in [-0.4, -0.2) is 16.3 Å². The quantitative estimate of drug-likeness (QED) is 0.873. The van der Waals surface area contributed by atoms with E-state index in [0.29, 0.717) is 6.04 Å². The maximum Gasteiger partial charge on any atom is 0.0492 e. The van der Waals surface area contributed by atoms with E-state index in [1.54, 1.807) is 0 Å². The Morgan fingerprint density at radius 3 is 2.70 bits per heavy atom. The van der Waals surface area contributed by atoms with E-state index in [0.717, 1.165) is 19.4 Å². The zero-order valence-corrected chi connectivity index (χ0v) is 13.0. The second-order valence-corrected chi connectivity index (χ2v) is 5.46. The summed E-state index contributed by atoms with van der Waals surface area (Å²) >= 11 is 0. The molecule has 0 aliphatic heterocycles. The molecule has 1 heterocycles. The lowest BCUT2D eigenvalue weighted by atomic mass is 9.95. The number of aromatic nitrogens is 2. The van der Waals surface area contributed by atoms with E-state index >= 15 is 0 Å². The summed E-state index contributed by atoms with van der Waals surface area (Å²) in [5.74, 6) is 0. The van der Waals surface area contributed by atoms with Crippen LogP contribution >= 0.6 is 0 Å². The van der Waals surface area contributed by atoms with Gasteiger partial charge in [0.25, 0.3) is 0 Å². The van der Waals surface area contributed by atoms with Crippen molar-refractivity contribution in [3.8, 4) is 0 Å². The van der Waals surface area contributed by atoms with Crippen molar-refractivity contribution in [1.82, 2.24) is 15.1 Å². The molecule has 0 aliphatic rings. The highest BCUT2D eigenvalue weighted by molar-refractivity contribution is 5.33. The zero-order chi connectivity index (χ0) is 14.5. The van der Waals surface area contributed by atoms with Gasteiger partial charge in [-0.3, -0.25) is 4.68 Å². The minimum atomic E-state index is 0.412. The second kappa shape index (κ2) is 6.71. The van der Waals surface area contributed by atoms with Crippen LogP contribution in [0.1, 0.15) is 41.8 Å². The van der Waals surface area contributed by atoms with Crippen LogP contribution in [0.4, 0.5) is 0 Å². The third kappa shape index (κ3) is 3.48. The summed E-state index contributed by atoms with van der Waals surface area (Å²) in [6, 6.07) is 9.23. The summed E-state index contributed by atoms with van der Waals surface area (Å²) in [6.45, 7) is 7.52. The van der Waals surface area contributed by atoms with E-state index in [9.17, 15) is 0 Å². The van der Waals surface area contributed by atoms with Crippen molar-refractivity contribution in [1.29, 1.82) is 0 Å². The molecule has 3 heteroatoms. The minimum absolute atomic E-state index is 0.412. The maximum absolute atomic E-state index is 4.24. The molecule has 1 N–H and O–H groups in total. The molecule has 1 aromatic carbocycles.